The van der Waals surface area contributed by atoms with Gasteiger partial charge in [-0.1, -0.05) is 6.07 Å². The summed E-state index contributed by atoms with van der Waals surface area (Å²) in [6.45, 7) is 3.65. The molecule has 7 heteroatoms. The van der Waals surface area contributed by atoms with E-state index in [9.17, 15) is 9.59 Å². The van der Waals surface area contributed by atoms with Crippen molar-refractivity contribution < 1.29 is 9.59 Å². The highest BCUT2D eigenvalue weighted by atomic mass is 16.2. The van der Waals surface area contributed by atoms with E-state index in [-0.39, 0.29) is 17.9 Å². The van der Waals surface area contributed by atoms with Crippen molar-refractivity contribution in [3.63, 3.8) is 0 Å². The number of pyridine rings is 1. The van der Waals surface area contributed by atoms with Crippen molar-refractivity contribution >= 4 is 17.5 Å². The summed E-state index contributed by atoms with van der Waals surface area (Å²) >= 11 is 0. The SMILES string of the molecule is Cc1cccc2nc(C(=O)N3CCNCC3C(=O)NC3CC3)cn12. The Hall–Kier alpha value is -2.41. The van der Waals surface area contributed by atoms with Gasteiger partial charge in [-0.3, -0.25) is 9.59 Å². The molecule has 0 aromatic carbocycles. The molecule has 4 rings (SSSR count). The van der Waals surface area contributed by atoms with Gasteiger partial charge in [-0.15, -0.1) is 0 Å². The maximum Gasteiger partial charge on any atom is 0.274 e. The lowest BCUT2D eigenvalue weighted by atomic mass is 10.1. The monoisotopic (exact) mass is 327 g/mol. The van der Waals surface area contributed by atoms with Gasteiger partial charge in [-0.05, 0) is 31.9 Å². The number of hydrogen-bond donors (Lipinski definition) is 2. The third-order valence-electron chi connectivity index (χ3n) is 4.65. The maximum atomic E-state index is 12.9. The van der Waals surface area contributed by atoms with Gasteiger partial charge < -0.3 is 19.9 Å². The number of fused-ring (bicyclic) bond motifs is 1. The molecule has 0 radical (unpaired) electrons. The highest BCUT2D eigenvalue weighted by Crippen LogP contribution is 2.20. The van der Waals surface area contributed by atoms with Gasteiger partial charge in [-0.2, -0.15) is 0 Å². The Morgan fingerprint density at radius 3 is 2.92 bits per heavy atom. The first kappa shape index (κ1) is 15.1. The van der Waals surface area contributed by atoms with E-state index in [1.807, 2.05) is 29.5 Å². The van der Waals surface area contributed by atoms with Gasteiger partial charge in [0.05, 0.1) is 0 Å². The van der Waals surface area contributed by atoms with Crippen molar-refractivity contribution in [2.75, 3.05) is 19.6 Å². The van der Waals surface area contributed by atoms with Crippen LogP contribution in [0.15, 0.2) is 24.4 Å². The van der Waals surface area contributed by atoms with Gasteiger partial charge in [0.1, 0.15) is 17.4 Å². The molecule has 1 aliphatic heterocycles. The van der Waals surface area contributed by atoms with Crippen molar-refractivity contribution in [3.05, 3.63) is 35.8 Å². The van der Waals surface area contributed by atoms with Crippen LogP contribution in [0.5, 0.6) is 0 Å². The lowest BCUT2D eigenvalue weighted by molar-refractivity contribution is -0.126. The second kappa shape index (κ2) is 5.90. The van der Waals surface area contributed by atoms with Gasteiger partial charge in [0.15, 0.2) is 0 Å². The minimum Gasteiger partial charge on any atom is -0.352 e. The number of imidazole rings is 1. The van der Waals surface area contributed by atoms with Crippen LogP contribution in [-0.4, -0.2) is 57.8 Å². The molecular formula is C17H21N5O2. The molecule has 1 saturated heterocycles. The van der Waals surface area contributed by atoms with Crippen LogP contribution in [0, 0.1) is 6.92 Å². The number of hydrogen-bond acceptors (Lipinski definition) is 4. The van der Waals surface area contributed by atoms with Gasteiger partial charge in [-0.25, -0.2) is 4.98 Å². The van der Waals surface area contributed by atoms with Crippen LogP contribution in [0.1, 0.15) is 29.0 Å². The number of carbonyl (C=O) groups is 2. The summed E-state index contributed by atoms with van der Waals surface area (Å²) < 4.78 is 1.90. The molecule has 1 unspecified atom stereocenters. The first-order valence-electron chi connectivity index (χ1n) is 8.40. The summed E-state index contributed by atoms with van der Waals surface area (Å²) in [6.07, 6.45) is 3.82. The average molecular weight is 327 g/mol. The molecule has 0 spiro atoms. The van der Waals surface area contributed by atoms with E-state index >= 15 is 0 Å². The van der Waals surface area contributed by atoms with Crippen molar-refractivity contribution in [1.82, 2.24) is 24.9 Å². The van der Waals surface area contributed by atoms with Crippen molar-refractivity contribution in [3.8, 4) is 0 Å². The molecule has 3 heterocycles. The fraction of sp³-hybridized carbons (Fsp3) is 0.471. The zero-order chi connectivity index (χ0) is 16.7. The highest BCUT2D eigenvalue weighted by molar-refractivity contribution is 5.97. The van der Waals surface area contributed by atoms with Crippen LogP contribution in [-0.2, 0) is 4.79 Å². The molecule has 2 amide bonds. The van der Waals surface area contributed by atoms with Gasteiger partial charge in [0.25, 0.3) is 5.91 Å². The lowest BCUT2D eigenvalue weighted by Crippen LogP contribution is -2.59. The van der Waals surface area contributed by atoms with Crippen LogP contribution >= 0.6 is 0 Å². The normalized spacial score (nSPS) is 21.0. The minimum absolute atomic E-state index is 0.0713. The molecule has 24 heavy (non-hydrogen) atoms. The first-order chi connectivity index (χ1) is 11.6. The molecule has 126 valence electrons. The molecule has 2 aromatic rings. The van der Waals surface area contributed by atoms with E-state index in [2.05, 4.69) is 15.6 Å². The third-order valence-corrected chi connectivity index (χ3v) is 4.65. The summed E-state index contributed by atoms with van der Waals surface area (Å²) in [5, 5.41) is 6.20. The van der Waals surface area contributed by atoms with E-state index in [1.165, 1.54) is 0 Å². The molecule has 1 aliphatic carbocycles. The van der Waals surface area contributed by atoms with Gasteiger partial charge in [0, 0.05) is 37.6 Å². The first-order valence-corrected chi connectivity index (χ1v) is 8.40. The Labute approximate surface area is 140 Å². The topological polar surface area (TPSA) is 78.7 Å². The average Bonchev–Trinajstić information content (AvgIpc) is 3.29. The fourth-order valence-corrected chi connectivity index (χ4v) is 3.11. The van der Waals surface area contributed by atoms with Crippen LogP contribution in [0.3, 0.4) is 0 Å². The molecule has 0 bridgehead atoms. The van der Waals surface area contributed by atoms with E-state index in [0.717, 1.165) is 24.2 Å². The molecule has 2 aliphatic rings. The number of nitrogens with zero attached hydrogens (tertiary/aromatic N) is 3. The minimum atomic E-state index is -0.474. The Kier molecular flexibility index (Phi) is 3.72. The number of rotatable bonds is 3. The largest absolute Gasteiger partial charge is 0.352 e. The molecule has 2 fully saturated rings. The summed E-state index contributed by atoms with van der Waals surface area (Å²) in [5.74, 6) is -0.256. The number of aromatic nitrogens is 2. The van der Waals surface area contributed by atoms with Gasteiger partial charge in [0.2, 0.25) is 5.91 Å². The predicted octanol–water partition coefficient (Wildman–Crippen LogP) is 0.335. The molecule has 7 nitrogen and oxygen atoms in total. The molecule has 1 atom stereocenters. The highest BCUT2D eigenvalue weighted by Gasteiger charge is 2.36. The summed E-state index contributed by atoms with van der Waals surface area (Å²) in [4.78, 5) is 31.5. The summed E-state index contributed by atoms with van der Waals surface area (Å²) in [7, 11) is 0. The van der Waals surface area contributed by atoms with Gasteiger partial charge >= 0.3 is 0 Å². The van der Waals surface area contributed by atoms with Crippen molar-refractivity contribution in [2.24, 2.45) is 0 Å². The third kappa shape index (κ3) is 2.75. The van der Waals surface area contributed by atoms with Crippen molar-refractivity contribution in [1.29, 1.82) is 0 Å². The molecule has 2 N–H and O–H groups in total. The van der Waals surface area contributed by atoms with E-state index < -0.39 is 6.04 Å². The Morgan fingerprint density at radius 1 is 1.33 bits per heavy atom. The lowest BCUT2D eigenvalue weighted by Gasteiger charge is -2.34. The van der Waals surface area contributed by atoms with E-state index in [0.29, 0.717) is 25.3 Å². The van der Waals surface area contributed by atoms with Crippen molar-refractivity contribution in [2.45, 2.75) is 31.8 Å². The number of amides is 2. The Morgan fingerprint density at radius 2 is 2.17 bits per heavy atom. The zero-order valence-electron chi connectivity index (χ0n) is 13.7. The summed E-state index contributed by atoms with van der Waals surface area (Å²) in [6, 6.07) is 5.58. The standard InChI is InChI=1S/C17H21N5O2/c1-11-3-2-4-15-20-13(10-22(11)15)17(24)21-8-7-18-9-14(21)16(23)19-12-5-6-12/h2-4,10,12,14,18H,5-9H2,1H3,(H,19,23). The Balaban J connectivity index is 1.59. The Bertz CT molecular complexity index is 795. The van der Waals surface area contributed by atoms with Crippen LogP contribution < -0.4 is 10.6 Å². The molecule has 1 saturated carbocycles. The van der Waals surface area contributed by atoms with E-state index in [1.54, 1.807) is 11.1 Å². The quantitative estimate of drug-likeness (QED) is 0.852. The summed E-state index contributed by atoms with van der Waals surface area (Å²) in [5.41, 5.74) is 2.14. The zero-order valence-corrected chi connectivity index (χ0v) is 13.7. The second-order valence-electron chi connectivity index (χ2n) is 6.52. The molecular weight excluding hydrogens is 306 g/mol. The number of aryl methyl sites for hydroxylation is 1. The van der Waals surface area contributed by atoms with Crippen LogP contribution in [0.2, 0.25) is 0 Å². The molecule has 2 aromatic heterocycles. The maximum absolute atomic E-state index is 12.9. The number of piperazine rings is 1. The fourth-order valence-electron chi connectivity index (χ4n) is 3.11. The van der Waals surface area contributed by atoms with Crippen LogP contribution in [0.4, 0.5) is 0 Å². The number of carbonyl (C=O) groups excluding carboxylic acids is 2. The second-order valence-corrected chi connectivity index (χ2v) is 6.52. The van der Waals surface area contributed by atoms with Crippen LogP contribution in [0.25, 0.3) is 5.65 Å². The van der Waals surface area contributed by atoms with E-state index in [4.69, 9.17) is 0 Å². The predicted molar refractivity (Wildman–Crippen MR) is 88.8 cm³/mol. The number of nitrogens with one attached hydrogen (secondary N) is 2. The smallest absolute Gasteiger partial charge is 0.274 e.